The maximum atomic E-state index is 6.06. The van der Waals surface area contributed by atoms with E-state index in [1.54, 1.807) is 0 Å². The summed E-state index contributed by atoms with van der Waals surface area (Å²) in [7, 11) is 2.09. The van der Waals surface area contributed by atoms with E-state index in [4.69, 9.17) is 4.74 Å². The Morgan fingerprint density at radius 1 is 1.37 bits per heavy atom. The summed E-state index contributed by atoms with van der Waals surface area (Å²) < 4.78 is 6.06. The normalized spacial score (nSPS) is 26.9. The molecule has 2 fully saturated rings. The predicted molar refractivity (Wildman–Crippen MR) is 78.2 cm³/mol. The Labute approximate surface area is 116 Å². The second-order valence-electron chi connectivity index (χ2n) is 6.32. The van der Waals surface area contributed by atoms with Gasteiger partial charge in [0.1, 0.15) is 0 Å². The first-order valence-corrected chi connectivity index (χ1v) is 7.60. The van der Waals surface area contributed by atoms with Crippen LogP contribution in [0, 0.1) is 12.8 Å². The summed E-state index contributed by atoms with van der Waals surface area (Å²) in [5.74, 6) is 0.709. The zero-order valence-corrected chi connectivity index (χ0v) is 12.1. The van der Waals surface area contributed by atoms with Gasteiger partial charge in [-0.3, -0.25) is 0 Å². The number of nitrogens with one attached hydrogen (secondary N) is 1. The molecule has 1 N–H and O–H groups in total. The molecule has 1 aromatic rings. The molecule has 2 nitrogen and oxygen atoms in total. The molecule has 104 valence electrons. The summed E-state index contributed by atoms with van der Waals surface area (Å²) in [6.07, 6.45) is 6.30. The molecule has 3 rings (SSSR count). The van der Waals surface area contributed by atoms with Crippen molar-refractivity contribution in [3.05, 3.63) is 35.4 Å². The molecule has 1 saturated carbocycles. The third kappa shape index (κ3) is 2.56. The summed E-state index contributed by atoms with van der Waals surface area (Å²) in [5.41, 5.74) is 3.02. The van der Waals surface area contributed by atoms with Gasteiger partial charge in [-0.15, -0.1) is 0 Å². The fraction of sp³-hybridized carbons (Fsp3) is 0.647. The van der Waals surface area contributed by atoms with E-state index < -0.39 is 0 Å². The van der Waals surface area contributed by atoms with Crippen molar-refractivity contribution in [1.82, 2.24) is 5.32 Å². The molecular weight excluding hydrogens is 234 g/mol. The van der Waals surface area contributed by atoms with Gasteiger partial charge >= 0.3 is 0 Å². The third-order valence-electron chi connectivity index (χ3n) is 4.98. The Morgan fingerprint density at radius 2 is 2.21 bits per heavy atom. The van der Waals surface area contributed by atoms with Crippen molar-refractivity contribution in [2.24, 2.45) is 5.92 Å². The summed E-state index contributed by atoms with van der Waals surface area (Å²) in [5, 5.41) is 3.55. The summed E-state index contributed by atoms with van der Waals surface area (Å²) in [4.78, 5) is 0. The molecule has 0 amide bonds. The lowest BCUT2D eigenvalue weighted by atomic mass is 9.69. The van der Waals surface area contributed by atoms with Crippen molar-refractivity contribution >= 4 is 0 Å². The number of benzene rings is 1. The fourth-order valence-electron chi connectivity index (χ4n) is 3.81. The molecule has 1 aliphatic heterocycles. The van der Waals surface area contributed by atoms with Gasteiger partial charge in [0.25, 0.3) is 0 Å². The van der Waals surface area contributed by atoms with E-state index in [-0.39, 0.29) is 5.60 Å². The minimum Gasteiger partial charge on any atom is -0.375 e. The predicted octanol–water partition coefficient (Wildman–Crippen LogP) is 3.60. The van der Waals surface area contributed by atoms with Crippen LogP contribution in [0.3, 0.4) is 0 Å². The SMILES string of the molecule is CNC(c1cccc(C)c1)C1CCOC2(CCC2)C1. The van der Waals surface area contributed by atoms with Crippen molar-refractivity contribution < 1.29 is 4.74 Å². The molecule has 1 heterocycles. The maximum Gasteiger partial charge on any atom is 0.0686 e. The molecule has 1 saturated heterocycles. The number of rotatable bonds is 3. The van der Waals surface area contributed by atoms with E-state index in [2.05, 4.69) is 43.6 Å². The van der Waals surface area contributed by atoms with Crippen LogP contribution in [0.2, 0.25) is 0 Å². The van der Waals surface area contributed by atoms with Gasteiger partial charge in [0.15, 0.2) is 0 Å². The van der Waals surface area contributed by atoms with Crippen LogP contribution in [-0.4, -0.2) is 19.3 Å². The van der Waals surface area contributed by atoms with Crippen LogP contribution in [0.1, 0.15) is 49.3 Å². The first kappa shape index (κ1) is 13.1. The van der Waals surface area contributed by atoms with E-state index in [0.29, 0.717) is 12.0 Å². The summed E-state index contributed by atoms with van der Waals surface area (Å²) >= 11 is 0. The van der Waals surface area contributed by atoms with Crippen molar-refractivity contribution in [3.63, 3.8) is 0 Å². The van der Waals surface area contributed by atoms with Crippen molar-refractivity contribution in [3.8, 4) is 0 Å². The summed E-state index contributed by atoms with van der Waals surface area (Å²) in [6.45, 7) is 3.11. The van der Waals surface area contributed by atoms with Crippen LogP contribution in [0.15, 0.2) is 24.3 Å². The first-order valence-electron chi connectivity index (χ1n) is 7.60. The highest BCUT2D eigenvalue weighted by molar-refractivity contribution is 5.26. The first-order chi connectivity index (χ1) is 9.22. The zero-order valence-electron chi connectivity index (χ0n) is 12.1. The van der Waals surface area contributed by atoms with Gasteiger partial charge in [-0.05, 0) is 57.6 Å². The van der Waals surface area contributed by atoms with Crippen molar-refractivity contribution in [1.29, 1.82) is 0 Å². The fourth-order valence-corrected chi connectivity index (χ4v) is 3.81. The molecule has 1 aliphatic carbocycles. The molecule has 1 aromatic carbocycles. The molecule has 2 heteroatoms. The Hall–Kier alpha value is -0.860. The smallest absolute Gasteiger partial charge is 0.0686 e. The van der Waals surface area contributed by atoms with Crippen LogP contribution >= 0.6 is 0 Å². The third-order valence-corrected chi connectivity index (χ3v) is 4.98. The topological polar surface area (TPSA) is 21.3 Å². The molecule has 0 radical (unpaired) electrons. The molecule has 2 atom stereocenters. The number of hydrogen-bond donors (Lipinski definition) is 1. The van der Waals surface area contributed by atoms with Gasteiger partial charge in [0.05, 0.1) is 5.60 Å². The molecule has 2 unspecified atom stereocenters. The molecule has 2 aliphatic rings. The Kier molecular flexibility index (Phi) is 3.64. The Morgan fingerprint density at radius 3 is 2.84 bits per heavy atom. The highest BCUT2D eigenvalue weighted by atomic mass is 16.5. The second-order valence-corrected chi connectivity index (χ2v) is 6.32. The van der Waals surface area contributed by atoms with Gasteiger partial charge < -0.3 is 10.1 Å². The molecule has 0 aromatic heterocycles. The van der Waals surface area contributed by atoms with Gasteiger partial charge in [0.2, 0.25) is 0 Å². The van der Waals surface area contributed by atoms with E-state index in [1.807, 2.05) is 0 Å². The lowest BCUT2D eigenvalue weighted by Gasteiger charge is -2.48. The van der Waals surface area contributed by atoms with Crippen LogP contribution in [0.25, 0.3) is 0 Å². The van der Waals surface area contributed by atoms with E-state index in [9.17, 15) is 0 Å². The summed E-state index contributed by atoms with van der Waals surface area (Å²) in [6, 6.07) is 9.41. The van der Waals surface area contributed by atoms with Crippen molar-refractivity contribution in [2.45, 2.75) is 50.7 Å². The van der Waals surface area contributed by atoms with Crippen LogP contribution in [0.4, 0.5) is 0 Å². The minimum atomic E-state index is 0.238. The van der Waals surface area contributed by atoms with Gasteiger partial charge in [-0.25, -0.2) is 0 Å². The van der Waals surface area contributed by atoms with E-state index >= 15 is 0 Å². The van der Waals surface area contributed by atoms with Crippen LogP contribution in [-0.2, 0) is 4.74 Å². The van der Waals surface area contributed by atoms with Gasteiger partial charge in [0, 0.05) is 12.6 Å². The van der Waals surface area contributed by atoms with E-state index in [1.165, 1.54) is 43.2 Å². The molecule has 0 bridgehead atoms. The zero-order chi connectivity index (χ0) is 13.3. The average molecular weight is 259 g/mol. The largest absolute Gasteiger partial charge is 0.375 e. The number of ether oxygens (including phenoxy) is 1. The highest BCUT2D eigenvalue weighted by Gasteiger charge is 2.44. The molecule has 19 heavy (non-hydrogen) atoms. The minimum absolute atomic E-state index is 0.238. The average Bonchev–Trinajstić information content (AvgIpc) is 2.38. The van der Waals surface area contributed by atoms with Crippen LogP contribution in [0.5, 0.6) is 0 Å². The Bertz CT molecular complexity index is 439. The van der Waals surface area contributed by atoms with Crippen molar-refractivity contribution in [2.75, 3.05) is 13.7 Å². The maximum absolute atomic E-state index is 6.06. The monoisotopic (exact) mass is 259 g/mol. The molecule has 1 spiro atoms. The standard InChI is InChI=1S/C17H25NO/c1-13-5-3-6-14(11-13)16(18-2)15-7-10-19-17(12-15)8-4-9-17/h3,5-6,11,15-16,18H,4,7-10,12H2,1-2H3. The lowest BCUT2D eigenvalue weighted by molar-refractivity contribution is -0.147. The van der Waals surface area contributed by atoms with E-state index in [0.717, 1.165) is 6.61 Å². The second kappa shape index (κ2) is 5.26. The van der Waals surface area contributed by atoms with Gasteiger partial charge in [-0.1, -0.05) is 29.8 Å². The highest BCUT2D eigenvalue weighted by Crippen LogP contribution is 2.47. The van der Waals surface area contributed by atoms with Gasteiger partial charge in [-0.2, -0.15) is 0 Å². The van der Waals surface area contributed by atoms with Crippen LogP contribution < -0.4 is 5.32 Å². The quantitative estimate of drug-likeness (QED) is 0.895. The lowest BCUT2D eigenvalue weighted by Crippen LogP contribution is -2.47. The number of hydrogen-bond acceptors (Lipinski definition) is 2. The molecular formula is C17H25NO. The number of aryl methyl sites for hydroxylation is 1. The Balaban J connectivity index is 1.78.